The first-order valence-electron chi connectivity index (χ1n) is 5.15. The van der Waals surface area contributed by atoms with Crippen LogP contribution in [0, 0.1) is 0 Å². The maximum atomic E-state index is 6.03. The van der Waals surface area contributed by atoms with Crippen LogP contribution in [0.15, 0.2) is 12.1 Å². The van der Waals surface area contributed by atoms with Gasteiger partial charge in [-0.2, -0.15) is 0 Å². The van der Waals surface area contributed by atoms with E-state index in [4.69, 9.17) is 21.1 Å². The Bertz CT molecular complexity index is 388. The molecule has 0 bridgehead atoms. The fourth-order valence-corrected chi connectivity index (χ4v) is 2.43. The van der Waals surface area contributed by atoms with Crippen molar-refractivity contribution in [2.24, 2.45) is 0 Å². The first-order chi connectivity index (χ1) is 7.36. The van der Waals surface area contributed by atoms with Crippen molar-refractivity contribution in [1.82, 2.24) is 5.32 Å². The van der Waals surface area contributed by atoms with Crippen LogP contribution in [0.25, 0.3) is 0 Å². The predicted octanol–water partition coefficient (Wildman–Crippen LogP) is 2.15. The van der Waals surface area contributed by atoms with Gasteiger partial charge in [-0.3, -0.25) is 0 Å². The maximum absolute atomic E-state index is 6.03. The zero-order valence-electron chi connectivity index (χ0n) is 8.25. The topological polar surface area (TPSA) is 30.5 Å². The van der Waals surface area contributed by atoms with Gasteiger partial charge < -0.3 is 14.8 Å². The summed E-state index contributed by atoms with van der Waals surface area (Å²) in [5.41, 5.74) is 1.22. The minimum absolute atomic E-state index is 0.284. The smallest absolute Gasteiger partial charge is 0.231 e. The normalized spacial score (nSPS) is 23.4. The molecule has 2 aliphatic rings. The second-order valence-corrected chi connectivity index (χ2v) is 4.30. The third kappa shape index (κ3) is 1.46. The Labute approximate surface area is 93.3 Å². The lowest BCUT2D eigenvalue weighted by Gasteiger charge is -2.12. The molecule has 1 aromatic carbocycles. The van der Waals surface area contributed by atoms with Crippen molar-refractivity contribution in [3.05, 3.63) is 22.7 Å². The molecular formula is C11H12ClNO2. The summed E-state index contributed by atoms with van der Waals surface area (Å²) in [5.74, 6) is 2.08. The maximum Gasteiger partial charge on any atom is 0.231 e. The van der Waals surface area contributed by atoms with E-state index in [-0.39, 0.29) is 6.79 Å². The summed E-state index contributed by atoms with van der Waals surface area (Å²) >= 11 is 6.03. The van der Waals surface area contributed by atoms with E-state index in [0.29, 0.717) is 16.7 Å². The average molecular weight is 226 g/mol. The lowest BCUT2D eigenvalue weighted by molar-refractivity contribution is 0.173. The Morgan fingerprint density at radius 2 is 2.13 bits per heavy atom. The first-order valence-corrected chi connectivity index (χ1v) is 5.53. The summed E-state index contributed by atoms with van der Waals surface area (Å²) in [5, 5.41) is 3.98. The quantitative estimate of drug-likeness (QED) is 0.795. The molecule has 0 radical (unpaired) electrons. The van der Waals surface area contributed by atoms with E-state index in [2.05, 4.69) is 5.32 Å². The fourth-order valence-electron chi connectivity index (χ4n) is 2.23. The molecule has 80 valence electrons. The van der Waals surface area contributed by atoms with Gasteiger partial charge in [0.05, 0.1) is 5.02 Å². The third-order valence-corrected chi connectivity index (χ3v) is 3.30. The number of rotatable bonds is 1. The number of nitrogens with one attached hydrogen (secondary N) is 1. The van der Waals surface area contributed by atoms with Gasteiger partial charge in [-0.25, -0.2) is 0 Å². The molecule has 1 N–H and O–H groups in total. The van der Waals surface area contributed by atoms with Crippen LogP contribution in [0.2, 0.25) is 5.02 Å². The number of benzene rings is 1. The summed E-state index contributed by atoms with van der Waals surface area (Å²) in [6.07, 6.45) is 1.15. The zero-order chi connectivity index (χ0) is 10.3. The van der Waals surface area contributed by atoms with Crippen molar-refractivity contribution in [3.8, 4) is 11.5 Å². The molecule has 1 atom stereocenters. The lowest BCUT2D eigenvalue weighted by atomic mass is 9.97. The monoisotopic (exact) mass is 225 g/mol. The Morgan fingerprint density at radius 1 is 1.27 bits per heavy atom. The highest BCUT2D eigenvalue weighted by atomic mass is 35.5. The van der Waals surface area contributed by atoms with E-state index >= 15 is 0 Å². The summed E-state index contributed by atoms with van der Waals surface area (Å²) in [6.45, 7) is 2.37. The van der Waals surface area contributed by atoms with Crippen molar-refractivity contribution in [2.75, 3.05) is 19.9 Å². The van der Waals surface area contributed by atoms with Crippen LogP contribution in [0.1, 0.15) is 17.9 Å². The minimum atomic E-state index is 0.284. The molecule has 4 heteroatoms. The lowest BCUT2D eigenvalue weighted by Crippen LogP contribution is -2.08. The van der Waals surface area contributed by atoms with Gasteiger partial charge in [0, 0.05) is 18.0 Å². The van der Waals surface area contributed by atoms with Crippen LogP contribution >= 0.6 is 11.6 Å². The molecule has 0 aliphatic carbocycles. The van der Waals surface area contributed by atoms with Crippen LogP contribution in [-0.2, 0) is 0 Å². The molecule has 0 spiro atoms. The van der Waals surface area contributed by atoms with Crippen molar-refractivity contribution >= 4 is 11.6 Å². The molecule has 15 heavy (non-hydrogen) atoms. The minimum Gasteiger partial charge on any atom is -0.453 e. The number of hydrogen-bond donors (Lipinski definition) is 1. The highest BCUT2D eigenvalue weighted by molar-refractivity contribution is 6.32. The van der Waals surface area contributed by atoms with Crippen LogP contribution < -0.4 is 14.8 Å². The van der Waals surface area contributed by atoms with Gasteiger partial charge >= 0.3 is 0 Å². The van der Waals surface area contributed by atoms with Gasteiger partial charge in [-0.05, 0) is 19.0 Å². The van der Waals surface area contributed by atoms with E-state index in [0.717, 1.165) is 25.3 Å². The van der Waals surface area contributed by atoms with Gasteiger partial charge in [0.15, 0.2) is 11.5 Å². The number of fused-ring (bicyclic) bond motifs is 1. The standard InChI is InChI=1S/C11H12ClNO2/c12-9-2-1-8(7-3-4-13-5-7)10-11(9)15-6-14-10/h1-2,7,13H,3-6H2. The molecule has 2 heterocycles. The third-order valence-electron chi connectivity index (χ3n) is 3.00. The van der Waals surface area contributed by atoms with Crippen molar-refractivity contribution in [3.63, 3.8) is 0 Å². The van der Waals surface area contributed by atoms with Gasteiger partial charge in [0.25, 0.3) is 0 Å². The molecule has 1 fully saturated rings. The fraction of sp³-hybridized carbons (Fsp3) is 0.455. The Kier molecular flexibility index (Phi) is 2.22. The van der Waals surface area contributed by atoms with Gasteiger partial charge in [-0.1, -0.05) is 17.7 Å². The van der Waals surface area contributed by atoms with Crippen molar-refractivity contribution < 1.29 is 9.47 Å². The highest BCUT2D eigenvalue weighted by Crippen LogP contribution is 2.45. The molecule has 3 nitrogen and oxygen atoms in total. The Balaban J connectivity index is 2.04. The van der Waals surface area contributed by atoms with E-state index in [9.17, 15) is 0 Å². The Morgan fingerprint density at radius 3 is 2.93 bits per heavy atom. The summed E-state index contributed by atoms with van der Waals surface area (Å²) in [6, 6.07) is 3.94. The predicted molar refractivity (Wildman–Crippen MR) is 57.8 cm³/mol. The largest absolute Gasteiger partial charge is 0.453 e. The van der Waals surface area contributed by atoms with E-state index in [1.165, 1.54) is 5.56 Å². The molecule has 0 aromatic heterocycles. The van der Waals surface area contributed by atoms with E-state index < -0.39 is 0 Å². The van der Waals surface area contributed by atoms with Gasteiger partial charge in [0.2, 0.25) is 6.79 Å². The zero-order valence-corrected chi connectivity index (χ0v) is 9.01. The number of hydrogen-bond acceptors (Lipinski definition) is 3. The number of ether oxygens (including phenoxy) is 2. The van der Waals surface area contributed by atoms with Crippen LogP contribution in [0.3, 0.4) is 0 Å². The first kappa shape index (κ1) is 9.31. The molecular weight excluding hydrogens is 214 g/mol. The SMILES string of the molecule is Clc1ccc(C2CCNC2)c2c1OCO2. The van der Waals surface area contributed by atoms with Crippen molar-refractivity contribution in [1.29, 1.82) is 0 Å². The Hall–Kier alpha value is -0.930. The molecule has 3 rings (SSSR count). The van der Waals surface area contributed by atoms with Crippen LogP contribution in [0.5, 0.6) is 11.5 Å². The molecule has 1 aromatic rings. The van der Waals surface area contributed by atoms with E-state index in [1.54, 1.807) is 0 Å². The van der Waals surface area contributed by atoms with Crippen LogP contribution in [-0.4, -0.2) is 19.9 Å². The molecule has 1 saturated heterocycles. The molecule has 1 unspecified atom stereocenters. The molecule has 2 aliphatic heterocycles. The molecule has 0 saturated carbocycles. The van der Waals surface area contributed by atoms with Gasteiger partial charge in [-0.15, -0.1) is 0 Å². The second-order valence-electron chi connectivity index (χ2n) is 3.89. The van der Waals surface area contributed by atoms with E-state index in [1.807, 2.05) is 12.1 Å². The van der Waals surface area contributed by atoms with Gasteiger partial charge in [0.1, 0.15) is 0 Å². The average Bonchev–Trinajstić information content (AvgIpc) is 2.88. The highest BCUT2D eigenvalue weighted by Gasteiger charge is 2.27. The van der Waals surface area contributed by atoms with Crippen LogP contribution in [0.4, 0.5) is 0 Å². The summed E-state index contributed by atoms with van der Waals surface area (Å²) < 4.78 is 10.8. The second kappa shape index (κ2) is 3.58. The summed E-state index contributed by atoms with van der Waals surface area (Å²) in [7, 11) is 0. The van der Waals surface area contributed by atoms with Crippen molar-refractivity contribution in [2.45, 2.75) is 12.3 Å². The molecule has 0 amide bonds. The summed E-state index contributed by atoms with van der Waals surface area (Å²) in [4.78, 5) is 0. The number of halogens is 1.